The van der Waals surface area contributed by atoms with Gasteiger partial charge in [0.15, 0.2) is 5.65 Å². The van der Waals surface area contributed by atoms with Gasteiger partial charge in [0.25, 0.3) is 0 Å². The van der Waals surface area contributed by atoms with Crippen molar-refractivity contribution in [3.8, 4) is 0 Å². The average Bonchev–Trinajstić information content (AvgIpc) is 3.04. The van der Waals surface area contributed by atoms with Crippen LogP contribution in [0.4, 0.5) is 20.4 Å². The largest absolute Gasteiger partial charge is 0.368 e. The Morgan fingerprint density at radius 2 is 1.85 bits per heavy atom. The summed E-state index contributed by atoms with van der Waals surface area (Å²) in [7, 11) is 0. The van der Waals surface area contributed by atoms with E-state index >= 15 is 0 Å². The number of nitrogens with two attached hydrogens (primary N) is 1. The predicted molar refractivity (Wildman–Crippen MR) is 99.8 cm³/mol. The van der Waals surface area contributed by atoms with Crippen LogP contribution in [0.15, 0.2) is 24.4 Å². The number of fused-ring (bicyclic) bond motifs is 1. The molecule has 4 rings (SSSR count). The number of benzene rings is 1. The molecular formula is C17H18ClF2N7. The number of rotatable bonds is 4. The fourth-order valence-electron chi connectivity index (χ4n) is 3.29. The maximum absolute atomic E-state index is 13.9. The highest BCUT2D eigenvalue weighted by Gasteiger charge is 2.20. The molecule has 0 amide bonds. The summed E-state index contributed by atoms with van der Waals surface area (Å²) in [6.07, 6.45) is 1.63. The molecule has 7 nitrogen and oxygen atoms in total. The van der Waals surface area contributed by atoms with Gasteiger partial charge in [-0.15, -0.1) is 0 Å². The molecule has 0 saturated carbocycles. The van der Waals surface area contributed by atoms with Crippen LogP contribution in [0, 0.1) is 11.6 Å². The van der Waals surface area contributed by atoms with Gasteiger partial charge in [0, 0.05) is 38.8 Å². The molecule has 0 aliphatic carbocycles. The van der Waals surface area contributed by atoms with Gasteiger partial charge in [0.2, 0.25) is 5.95 Å². The van der Waals surface area contributed by atoms with Gasteiger partial charge < -0.3 is 10.6 Å². The van der Waals surface area contributed by atoms with Crippen LogP contribution in [0.1, 0.15) is 0 Å². The standard InChI is InChI=1S/C17H18ClF2N7/c18-15-12-10-22-27(16(12)24-17(21)23-15)8-5-25-3-6-26(7-4-25)14-2-1-11(19)9-13(14)20/h1-2,9-10H,3-8H2,(H2,21,23,24). The van der Waals surface area contributed by atoms with Gasteiger partial charge in [-0.1, -0.05) is 11.6 Å². The van der Waals surface area contributed by atoms with Crippen molar-refractivity contribution in [2.45, 2.75) is 6.54 Å². The minimum atomic E-state index is -0.564. The number of nitrogen functional groups attached to an aromatic ring is 1. The highest BCUT2D eigenvalue weighted by atomic mass is 35.5. The molecule has 1 saturated heterocycles. The zero-order valence-corrected chi connectivity index (χ0v) is 15.2. The maximum atomic E-state index is 13.9. The third kappa shape index (κ3) is 3.65. The minimum Gasteiger partial charge on any atom is -0.368 e. The molecule has 3 heterocycles. The molecule has 1 aliphatic heterocycles. The quantitative estimate of drug-likeness (QED) is 0.684. The second kappa shape index (κ2) is 7.24. The molecule has 1 aliphatic rings. The monoisotopic (exact) mass is 393 g/mol. The highest BCUT2D eigenvalue weighted by Crippen LogP contribution is 2.22. The molecule has 0 atom stereocenters. The van der Waals surface area contributed by atoms with Crippen molar-refractivity contribution in [1.82, 2.24) is 24.6 Å². The summed E-state index contributed by atoms with van der Waals surface area (Å²) >= 11 is 6.07. The van der Waals surface area contributed by atoms with Crippen molar-refractivity contribution in [2.24, 2.45) is 0 Å². The first-order chi connectivity index (χ1) is 13.0. The molecule has 27 heavy (non-hydrogen) atoms. The van der Waals surface area contributed by atoms with E-state index < -0.39 is 11.6 Å². The molecule has 0 bridgehead atoms. The van der Waals surface area contributed by atoms with E-state index in [0.717, 1.165) is 25.7 Å². The van der Waals surface area contributed by atoms with Crippen molar-refractivity contribution >= 4 is 34.3 Å². The van der Waals surface area contributed by atoms with E-state index in [-0.39, 0.29) is 5.95 Å². The first-order valence-electron chi connectivity index (χ1n) is 8.58. The molecule has 0 unspecified atom stereocenters. The van der Waals surface area contributed by atoms with Gasteiger partial charge in [0.05, 0.1) is 23.8 Å². The van der Waals surface area contributed by atoms with Crippen LogP contribution in [0.5, 0.6) is 0 Å². The van der Waals surface area contributed by atoms with Crippen LogP contribution in [-0.4, -0.2) is 57.4 Å². The zero-order valence-electron chi connectivity index (χ0n) is 14.4. The molecule has 0 radical (unpaired) electrons. The normalized spacial score (nSPS) is 15.6. The second-order valence-corrected chi connectivity index (χ2v) is 6.76. The van der Waals surface area contributed by atoms with Crippen molar-refractivity contribution in [1.29, 1.82) is 0 Å². The first kappa shape index (κ1) is 17.9. The maximum Gasteiger partial charge on any atom is 0.223 e. The van der Waals surface area contributed by atoms with Crippen LogP contribution < -0.4 is 10.6 Å². The van der Waals surface area contributed by atoms with E-state index in [1.54, 1.807) is 10.9 Å². The lowest BCUT2D eigenvalue weighted by molar-refractivity contribution is 0.245. The number of hydrogen-bond donors (Lipinski definition) is 1. The van der Waals surface area contributed by atoms with Gasteiger partial charge >= 0.3 is 0 Å². The molecule has 1 aromatic carbocycles. The number of anilines is 2. The van der Waals surface area contributed by atoms with E-state index in [1.807, 2.05) is 4.90 Å². The van der Waals surface area contributed by atoms with Crippen LogP contribution in [0.3, 0.4) is 0 Å². The van der Waals surface area contributed by atoms with E-state index in [2.05, 4.69) is 20.0 Å². The van der Waals surface area contributed by atoms with Crippen molar-refractivity contribution in [3.05, 3.63) is 41.2 Å². The van der Waals surface area contributed by atoms with Gasteiger partial charge in [0.1, 0.15) is 16.8 Å². The van der Waals surface area contributed by atoms with E-state index in [4.69, 9.17) is 17.3 Å². The molecule has 3 aromatic rings. The van der Waals surface area contributed by atoms with Gasteiger partial charge in [-0.3, -0.25) is 4.90 Å². The molecule has 0 spiro atoms. The average molecular weight is 394 g/mol. The Hall–Kier alpha value is -2.52. The lowest BCUT2D eigenvalue weighted by atomic mass is 10.2. The smallest absolute Gasteiger partial charge is 0.223 e. The third-order valence-corrected chi connectivity index (χ3v) is 5.01. The van der Waals surface area contributed by atoms with Crippen molar-refractivity contribution < 1.29 is 8.78 Å². The third-order valence-electron chi connectivity index (χ3n) is 4.72. The SMILES string of the molecule is Nc1nc(Cl)c2cnn(CCN3CCN(c4ccc(F)cc4F)CC3)c2n1. The van der Waals surface area contributed by atoms with Gasteiger partial charge in [-0.2, -0.15) is 10.1 Å². The Morgan fingerprint density at radius 1 is 1.07 bits per heavy atom. The number of aromatic nitrogens is 4. The van der Waals surface area contributed by atoms with E-state index in [0.29, 0.717) is 41.5 Å². The summed E-state index contributed by atoms with van der Waals surface area (Å²) in [5, 5.41) is 5.28. The van der Waals surface area contributed by atoms with Gasteiger partial charge in [-0.05, 0) is 12.1 Å². The summed E-state index contributed by atoms with van der Waals surface area (Å²) in [4.78, 5) is 12.3. The number of nitrogens with zero attached hydrogens (tertiary/aromatic N) is 6. The lowest BCUT2D eigenvalue weighted by Crippen LogP contribution is -2.47. The number of halogens is 3. The molecule has 10 heteroatoms. The molecule has 1 fully saturated rings. The fourth-order valence-corrected chi connectivity index (χ4v) is 3.51. The second-order valence-electron chi connectivity index (χ2n) is 6.40. The summed E-state index contributed by atoms with van der Waals surface area (Å²) in [6.45, 7) is 4.27. The first-order valence-corrected chi connectivity index (χ1v) is 8.96. The Morgan fingerprint density at radius 3 is 2.59 bits per heavy atom. The number of hydrogen-bond acceptors (Lipinski definition) is 6. The summed E-state index contributed by atoms with van der Waals surface area (Å²) in [6, 6.07) is 3.69. The summed E-state index contributed by atoms with van der Waals surface area (Å²) in [5.41, 5.74) is 6.72. The molecule has 2 N–H and O–H groups in total. The Balaban J connectivity index is 1.37. The summed E-state index contributed by atoms with van der Waals surface area (Å²) < 4.78 is 28.8. The van der Waals surface area contributed by atoms with Gasteiger partial charge in [-0.25, -0.2) is 18.4 Å². The Bertz CT molecular complexity index is 969. The highest BCUT2D eigenvalue weighted by molar-refractivity contribution is 6.34. The van der Waals surface area contributed by atoms with Crippen LogP contribution in [0.25, 0.3) is 11.0 Å². The number of piperazine rings is 1. The van der Waals surface area contributed by atoms with Crippen molar-refractivity contribution in [2.75, 3.05) is 43.4 Å². The molecule has 142 valence electrons. The fraction of sp³-hybridized carbons (Fsp3) is 0.353. The topological polar surface area (TPSA) is 76.1 Å². The van der Waals surface area contributed by atoms with Crippen molar-refractivity contribution in [3.63, 3.8) is 0 Å². The predicted octanol–water partition coefficient (Wildman–Crippen LogP) is 2.16. The molecule has 2 aromatic heterocycles. The Labute approximate surface area is 159 Å². The minimum absolute atomic E-state index is 0.115. The van der Waals surface area contributed by atoms with E-state index in [9.17, 15) is 8.78 Å². The zero-order chi connectivity index (χ0) is 19.0. The van der Waals surface area contributed by atoms with Crippen LogP contribution >= 0.6 is 11.6 Å². The van der Waals surface area contributed by atoms with Crippen LogP contribution in [-0.2, 0) is 6.54 Å². The van der Waals surface area contributed by atoms with E-state index in [1.165, 1.54) is 12.1 Å². The van der Waals surface area contributed by atoms with Crippen LogP contribution in [0.2, 0.25) is 5.15 Å². The Kier molecular flexibility index (Phi) is 4.79. The molecular weight excluding hydrogens is 376 g/mol. The summed E-state index contributed by atoms with van der Waals surface area (Å²) in [5.74, 6) is -0.976. The lowest BCUT2D eigenvalue weighted by Gasteiger charge is -2.36.